The fraction of sp³-hybridized carbons (Fsp3) is 0.259. The van der Waals surface area contributed by atoms with Crippen LogP contribution in [0.2, 0.25) is 0 Å². The maximum absolute atomic E-state index is 13.5. The molecule has 158 valence electrons. The lowest BCUT2D eigenvalue weighted by Gasteiger charge is -2.43. The van der Waals surface area contributed by atoms with E-state index < -0.39 is 0 Å². The Hall–Kier alpha value is -3.20. The lowest BCUT2D eigenvalue weighted by atomic mass is 9.82. The molecule has 4 heterocycles. The maximum Gasteiger partial charge on any atom is 0.259 e. The van der Waals surface area contributed by atoms with E-state index in [4.69, 9.17) is 0 Å². The van der Waals surface area contributed by atoms with Crippen molar-refractivity contribution in [1.82, 2.24) is 9.47 Å². The van der Waals surface area contributed by atoms with Gasteiger partial charge in [-0.15, -0.1) is 11.3 Å². The monoisotopic (exact) mass is 437 g/mol. The van der Waals surface area contributed by atoms with Gasteiger partial charge in [0.25, 0.3) is 5.56 Å². The lowest BCUT2D eigenvalue weighted by molar-refractivity contribution is 0.114. The topological polar surface area (TPSA) is 49.0 Å². The van der Waals surface area contributed by atoms with E-state index in [0.29, 0.717) is 17.4 Å². The third-order valence-electron chi connectivity index (χ3n) is 6.83. The van der Waals surface area contributed by atoms with E-state index in [1.807, 2.05) is 41.0 Å². The van der Waals surface area contributed by atoms with E-state index in [1.54, 1.807) is 11.3 Å². The van der Waals surface area contributed by atoms with Gasteiger partial charge >= 0.3 is 0 Å². The molecule has 0 spiro atoms. The Morgan fingerprint density at radius 1 is 1.00 bits per heavy atom. The van der Waals surface area contributed by atoms with Gasteiger partial charge in [0.1, 0.15) is 0 Å². The zero-order valence-corrected chi connectivity index (χ0v) is 18.5. The highest BCUT2D eigenvalue weighted by molar-refractivity contribution is 7.22. The Morgan fingerprint density at radius 2 is 1.91 bits per heavy atom. The van der Waals surface area contributed by atoms with E-state index in [0.717, 1.165) is 43.0 Å². The number of hydrogen-bond donors (Lipinski definition) is 0. The summed E-state index contributed by atoms with van der Waals surface area (Å²) >= 11 is 1.70. The van der Waals surface area contributed by atoms with Gasteiger partial charge in [-0.3, -0.25) is 9.69 Å². The van der Waals surface area contributed by atoms with Crippen molar-refractivity contribution in [2.45, 2.75) is 25.4 Å². The summed E-state index contributed by atoms with van der Waals surface area (Å²) in [5.41, 5.74) is 4.04. The van der Waals surface area contributed by atoms with Crippen LogP contribution in [-0.2, 0) is 13.1 Å². The number of pyridine rings is 1. The van der Waals surface area contributed by atoms with Crippen LogP contribution in [0.15, 0.2) is 71.5 Å². The molecule has 4 aromatic rings. The van der Waals surface area contributed by atoms with E-state index in [9.17, 15) is 10.1 Å². The van der Waals surface area contributed by atoms with Gasteiger partial charge in [-0.1, -0.05) is 30.3 Å². The number of hydrogen-bond acceptors (Lipinski definition) is 4. The Morgan fingerprint density at radius 3 is 2.78 bits per heavy atom. The quantitative estimate of drug-likeness (QED) is 0.441. The maximum atomic E-state index is 13.5. The predicted octanol–water partition coefficient (Wildman–Crippen LogP) is 5.22. The fourth-order valence-electron chi connectivity index (χ4n) is 5.47. The van der Waals surface area contributed by atoms with Gasteiger partial charge in [0.2, 0.25) is 0 Å². The zero-order chi connectivity index (χ0) is 21.7. The van der Waals surface area contributed by atoms with Gasteiger partial charge in [-0.05, 0) is 59.7 Å². The molecule has 1 fully saturated rings. The minimum absolute atomic E-state index is 0.152. The Labute approximate surface area is 191 Å². The van der Waals surface area contributed by atoms with Crippen molar-refractivity contribution in [3.8, 4) is 16.5 Å². The molecule has 2 aliphatic heterocycles. The predicted molar refractivity (Wildman–Crippen MR) is 129 cm³/mol. The van der Waals surface area contributed by atoms with Crippen molar-refractivity contribution in [3.05, 3.63) is 93.9 Å². The van der Waals surface area contributed by atoms with Gasteiger partial charge in [0.05, 0.1) is 17.2 Å². The second-order valence-electron chi connectivity index (χ2n) is 9.04. The molecule has 6 rings (SSSR count). The summed E-state index contributed by atoms with van der Waals surface area (Å²) in [6, 6.07) is 24.8. The van der Waals surface area contributed by atoms with Gasteiger partial charge in [0.15, 0.2) is 0 Å². The Kier molecular flexibility index (Phi) is 4.71. The normalized spacial score (nSPS) is 20.1. The molecule has 2 atom stereocenters. The van der Waals surface area contributed by atoms with Crippen LogP contribution in [-0.4, -0.2) is 22.6 Å². The molecule has 0 aliphatic carbocycles. The number of nitrogens with zero attached hydrogens (tertiary/aromatic N) is 3. The van der Waals surface area contributed by atoms with Crippen molar-refractivity contribution >= 4 is 21.4 Å². The Bertz CT molecular complexity index is 1390. The summed E-state index contributed by atoms with van der Waals surface area (Å²) in [5, 5.41) is 10.4. The molecule has 4 nitrogen and oxygen atoms in total. The van der Waals surface area contributed by atoms with Crippen LogP contribution in [0.3, 0.4) is 0 Å². The minimum Gasteiger partial charge on any atom is -0.311 e. The number of benzene rings is 2. The third kappa shape index (κ3) is 3.37. The molecule has 0 N–H and O–H groups in total. The van der Waals surface area contributed by atoms with Crippen LogP contribution in [0.1, 0.15) is 29.2 Å². The van der Waals surface area contributed by atoms with Crippen LogP contribution >= 0.6 is 11.3 Å². The summed E-state index contributed by atoms with van der Waals surface area (Å²) in [6.07, 6.45) is 1.15. The lowest BCUT2D eigenvalue weighted by Crippen LogP contribution is -2.46. The zero-order valence-electron chi connectivity index (χ0n) is 17.7. The number of thiophene rings is 1. The summed E-state index contributed by atoms with van der Waals surface area (Å²) in [6.45, 7) is 3.59. The summed E-state index contributed by atoms with van der Waals surface area (Å²) < 4.78 is 3.27. The van der Waals surface area contributed by atoms with Crippen LogP contribution in [0.5, 0.6) is 0 Å². The summed E-state index contributed by atoms with van der Waals surface area (Å²) in [7, 11) is 0. The first-order valence-electron chi connectivity index (χ1n) is 11.1. The first-order chi connectivity index (χ1) is 15.7. The SMILES string of the molecule is N#Cc1cccc(CN2C[C@H]3C[C@H](C2)c2ccc(-c4cc5ccccc5s4)c(=O)n2C3)c1. The smallest absolute Gasteiger partial charge is 0.259 e. The highest BCUT2D eigenvalue weighted by Crippen LogP contribution is 2.37. The number of aromatic nitrogens is 1. The standard InChI is InChI=1S/C27H23N3OS/c28-13-18-4-3-5-19(10-18)14-29-15-20-11-22(17-29)24-9-8-23(27(31)30(24)16-20)26-12-21-6-1-2-7-25(21)32-26/h1-10,12,20,22H,11,14-17H2/t20-,22-/m1/s1. The van der Waals surface area contributed by atoms with E-state index in [-0.39, 0.29) is 5.56 Å². The van der Waals surface area contributed by atoms with Crippen LogP contribution in [0.25, 0.3) is 20.5 Å². The first-order valence-corrected chi connectivity index (χ1v) is 11.9. The van der Waals surface area contributed by atoms with E-state index >= 15 is 0 Å². The fourth-order valence-corrected chi connectivity index (χ4v) is 6.55. The summed E-state index contributed by atoms with van der Waals surface area (Å²) in [5.74, 6) is 0.863. The highest BCUT2D eigenvalue weighted by atomic mass is 32.1. The van der Waals surface area contributed by atoms with Crippen molar-refractivity contribution < 1.29 is 0 Å². The molecule has 2 aromatic heterocycles. The molecule has 2 aliphatic rings. The second kappa shape index (κ2) is 7.74. The molecule has 2 bridgehead atoms. The molecule has 0 saturated carbocycles. The highest BCUT2D eigenvalue weighted by Gasteiger charge is 2.35. The Balaban J connectivity index is 1.30. The number of likely N-dealkylation sites (tertiary alicyclic amines) is 1. The van der Waals surface area contributed by atoms with Gasteiger partial charge in [-0.25, -0.2) is 0 Å². The van der Waals surface area contributed by atoms with Crippen molar-refractivity contribution in [2.75, 3.05) is 13.1 Å². The molecular formula is C27H23N3OS. The number of fused-ring (bicyclic) bond motifs is 5. The van der Waals surface area contributed by atoms with Crippen LogP contribution < -0.4 is 5.56 Å². The van der Waals surface area contributed by atoms with Gasteiger partial charge in [0, 0.05) is 47.4 Å². The summed E-state index contributed by atoms with van der Waals surface area (Å²) in [4.78, 5) is 17.0. The van der Waals surface area contributed by atoms with Crippen molar-refractivity contribution in [3.63, 3.8) is 0 Å². The molecule has 0 radical (unpaired) electrons. The molecule has 0 amide bonds. The van der Waals surface area contributed by atoms with Crippen molar-refractivity contribution in [1.29, 1.82) is 5.26 Å². The minimum atomic E-state index is 0.152. The molecule has 5 heteroatoms. The number of piperidine rings is 1. The molecular weight excluding hydrogens is 414 g/mol. The number of nitriles is 1. The number of rotatable bonds is 3. The molecule has 2 aromatic carbocycles. The van der Waals surface area contributed by atoms with Crippen LogP contribution in [0.4, 0.5) is 0 Å². The van der Waals surface area contributed by atoms with E-state index in [1.165, 1.54) is 21.3 Å². The molecule has 1 saturated heterocycles. The molecule has 0 unspecified atom stereocenters. The average molecular weight is 438 g/mol. The first kappa shape index (κ1) is 19.5. The molecule has 32 heavy (non-hydrogen) atoms. The van der Waals surface area contributed by atoms with Gasteiger partial charge in [-0.2, -0.15) is 5.26 Å². The average Bonchev–Trinajstić information content (AvgIpc) is 3.24. The van der Waals surface area contributed by atoms with Gasteiger partial charge < -0.3 is 4.57 Å². The largest absolute Gasteiger partial charge is 0.311 e. The third-order valence-corrected chi connectivity index (χ3v) is 7.98. The van der Waals surface area contributed by atoms with Crippen molar-refractivity contribution in [2.24, 2.45) is 5.92 Å². The second-order valence-corrected chi connectivity index (χ2v) is 10.1. The van der Waals surface area contributed by atoms with E-state index in [2.05, 4.69) is 41.3 Å². The van der Waals surface area contributed by atoms with Crippen LogP contribution in [0, 0.1) is 17.2 Å².